The molecule has 0 bridgehead atoms. The van der Waals surface area contributed by atoms with Gasteiger partial charge in [-0.1, -0.05) is 48.9 Å². The molecule has 2 aromatic carbocycles. The highest BCUT2D eigenvalue weighted by Crippen LogP contribution is 2.20. The number of nitrogens with zero attached hydrogens (tertiary/aromatic N) is 2. The fraction of sp³-hybridized carbons (Fsp3) is 0.357. The molecule has 0 aliphatic carbocycles. The van der Waals surface area contributed by atoms with Gasteiger partial charge in [-0.2, -0.15) is 0 Å². The third-order valence-corrected chi connectivity index (χ3v) is 6.44. The summed E-state index contributed by atoms with van der Waals surface area (Å²) in [5.74, 6) is 0.211. The van der Waals surface area contributed by atoms with Crippen molar-refractivity contribution in [2.45, 2.75) is 31.8 Å². The number of nitrogen functional groups attached to an aromatic ring is 1. The van der Waals surface area contributed by atoms with Gasteiger partial charge in [0.15, 0.2) is 0 Å². The molecule has 4 rings (SSSR count). The summed E-state index contributed by atoms with van der Waals surface area (Å²) in [6.07, 6.45) is 5.09. The van der Waals surface area contributed by atoms with Crippen LogP contribution in [0.3, 0.4) is 0 Å². The first-order valence-corrected chi connectivity index (χ1v) is 12.5. The number of nitrogens with two attached hydrogens (primary N) is 1. The Morgan fingerprint density at radius 2 is 1.80 bits per heavy atom. The fourth-order valence-corrected chi connectivity index (χ4v) is 4.43. The summed E-state index contributed by atoms with van der Waals surface area (Å²) < 4.78 is 0. The Kier molecular flexibility index (Phi) is 9.23. The zero-order chi connectivity index (χ0) is 24.3. The van der Waals surface area contributed by atoms with Crippen molar-refractivity contribution in [3.05, 3.63) is 89.6 Å². The van der Waals surface area contributed by atoms with E-state index in [0.717, 1.165) is 44.7 Å². The summed E-state index contributed by atoms with van der Waals surface area (Å²) in [6, 6.07) is 22.1. The van der Waals surface area contributed by atoms with Gasteiger partial charge in [0.25, 0.3) is 5.91 Å². The van der Waals surface area contributed by atoms with Crippen LogP contribution in [-0.4, -0.2) is 48.5 Å². The maximum atomic E-state index is 12.6. The van der Waals surface area contributed by atoms with Crippen LogP contribution in [0.25, 0.3) is 0 Å². The lowest BCUT2D eigenvalue weighted by atomic mass is 10.00. The molecular formula is C28H36N6O. The van der Waals surface area contributed by atoms with Crippen molar-refractivity contribution >= 4 is 17.4 Å². The quantitative estimate of drug-likeness (QED) is 0.317. The molecule has 184 valence electrons. The lowest BCUT2D eigenvalue weighted by Crippen LogP contribution is -2.43. The van der Waals surface area contributed by atoms with Crippen LogP contribution >= 0.6 is 0 Å². The number of anilines is 2. The van der Waals surface area contributed by atoms with Gasteiger partial charge in [0.1, 0.15) is 5.82 Å². The van der Waals surface area contributed by atoms with Gasteiger partial charge in [-0.15, -0.1) is 0 Å². The molecule has 1 unspecified atom stereocenters. The van der Waals surface area contributed by atoms with E-state index >= 15 is 0 Å². The summed E-state index contributed by atoms with van der Waals surface area (Å²) in [6.45, 7) is 6.45. The number of piperazine rings is 1. The summed E-state index contributed by atoms with van der Waals surface area (Å²) in [5, 5.41) is 10.0. The molecule has 5 N–H and O–H groups in total. The molecule has 0 radical (unpaired) electrons. The number of nitrogens with one attached hydrogen (secondary N) is 3. The monoisotopic (exact) mass is 472 g/mol. The first-order valence-electron chi connectivity index (χ1n) is 12.5. The standard InChI is InChI=1S/C28H36N6O/c29-27-20-25(13-14-31-27)33-28(35)24-11-9-22(10-12-24)21-32-26(23-6-2-1-3-7-23)8-4-5-17-34-18-15-30-16-19-34/h1-3,6-7,9-14,20,26,30,32H,4-5,8,15-19,21H2,(H3,29,31,33,35). The second-order valence-electron chi connectivity index (χ2n) is 9.05. The van der Waals surface area contributed by atoms with Crippen molar-refractivity contribution in [3.63, 3.8) is 0 Å². The van der Waals surface area contributed by atoms with Gasteiger partial charge >= 0.3 is 0 Å². The minimum Gasteiger partial charge on any atom is -0.384 e. The normalized spacial score (nSPS) is 15.0. The van der Waals surface area contributed by atoms with Crippen LogP contribution in [0.2, 0.25) is 0 Å². The first kappa shape index (κ1) is 24.9. The van der Waals surface area contributed by atoms with Crippen molar-refractivity contribution in [1.29, 1.82) is 0 Å². The summed E-state index contributed by atoms with van der Waals surface area (Å²) >= 11 is 0. The molecule has 7 heteroatoms. The van der Waals surface area contributed by atoms with Crippen LogP contribution < -0.4 is 21.7 Å². The molecule has 1 aromatic heterocycles. The van der Waals surface area contributed by atoms with Gasteiger partial charge in [-0.3, -0.25) is 4.79 Å². The number of amides is 1. The number of benzene rings is 2. The molecule has 1 atom stereocenters. The third-order valence-electron chi connectivity index (χ3n) is 6.44. The van der Waals surface area contributed by atoms with Gasteiger partial charge in [-0.05, 0) is 48.7 Å². The van der Waals surface area contributed by atoms with E-state index in [0.29, 0.717) is 23.1 Å². The van der Waals surface area contributed by atoms with E-state index in [2.05, 4.69) is 56.2 Å². The van der Waals surface area contributed by atoms with Crippen LogP contribution in [0.15, 0.2) is 72.9 Å². The molecule has 3 aromatic rings. The molecule has 0 spiro atoms. The highest BCUT2D eigenvalue weighted by Gasteiger charge is 2.13. The largest absolute Gasteiger partial charge is 0.384 e. The molecule has 2 heterocycles. The summed E-state index contributed by atoms with van der Waals surface area (Å²) in [7, 11) is 0. The van der Waals surface area contributed by atoms with Crippen LogP contribution in [-0.2, 0) is 6.54 Å². The second kappa shape index (κ2) is 13.0. The van der Waals surface area contributed by atoms with Gasteiger partial charge in [0, 0.05) is 62.3 Å². The van der Waals surface area contributed by atoms with Gasteiger partial charge in [0.2, 0.25) is 0 Å². The molecule has 0 saturated carbocycles. The number of rotatable bonds is 11. The van der Waals surface area contributed by atoms with Crippen LogP contribution in [0.5, 0.6) is 0 Å². The highest BCUT2D eigenvalue weighted by atomic mass is 16.1. The average Bonchev–Trinajstić information content (AvgIpc) is 2.89. The predicted octanol–water partition coefficient (Wildman–Crippen LogP) is 3.82. The summed E-state index contributed by atoms with van der Waals surface area (Å²) in [5.41, 5.74) is 9.41. The number of hydrogen-bond donors (Lipinski definition) is 4. The predicted molar refractivity (Wildman–Crippen MR) is 142 cm³/mol. The van der Waals surface area contributed by atoms with Crippen molar-refractivity contribution < 1.29 is 4.79 Å². The molecule has 1 aliphatic rings. The van der Waals surface area contributed by atoms with Crippen molar-refractivity contribution in [2.24, 2.45) is 0 Å². The van der Waals surface area contributed by atoms with E-state index in [1.165, 1.54) is 24.9 Å². The van der Waals surface area contributed by atoms with Crippen molar-refractivity contribution in [1.82, 2.24) is 20.5 Å². The smallest absolute Gasteiger partial charge is 0.255 e. The second-order valence-corrected chi connectivity index (χ2v) is 9.05. The molecule has 1 fully saturated rings. The Balaban J connectivity index is 1.29. The Labute approximate surface area is 208 Å². The van der Waals surface area contributed by atoms with Crippen molar-refractivity contribution in [3.8, 4) is 0 Å². The number of unbranched alkanes of at least 4 members (excludes halogenated alkanes) is 1. The fourth-order valence-electron chi connectivity index (χ4n) is 4.43. The molecule has 1 aliphatic heterocycles. The summed E-state index contributed by atoms with van der Waals surface area (Å²) in [4.78, 5) is 19.1. The first-order chi connectivity index (χ1) is 17.2. The number of aromatic nitrogens is 1. The van der Waals surface area contributed by atoms with Gasteiger partial charge < -0.3 is 26.6 Å². The Bertz CT molecular complexity index is 1050. The topological polar surface area (TPSA) is 95.3 Å². The number of hydrogen-bond acceptors (Lipinski definition) is 6. The van der Waals surface area contributed by atoms with E-state index < -0.39 is 0 Å². The minimum atomic E-state index is -0.165. The molecule has 35 heavy (non-hydrogen) atoms. The third kappa shape index (κ3) is 7.89. The Morgan fingerprint density at radius 3 is 2.54 bits per heavy atom. The Morgan fingerprint density at radius 1 is 1.03 bits per heavy atom. The maximum absolute atomic E-state index is 12.6. The molecule has 1 amide bonds. The number of carbonyl (C=O) groups is 1. The van der Waals surface area contributed by atoms with E-state index in [4.69, 9.17) is 5.73 Å². The zero-order valence-corrected chi connectivity index (χ0v) is 20.2. The highest BCUT2D eigenvalue weighted by molar-refractivity contribution is 6.04. The van der Waals surface area contributed by atoms with E-state index in [1.807, 2.05) is 24.3 Å². The lowest BCUT2D eigenvalue weighted by Gasteiger charge is -2.27. The van der Waals surface area contributed by atoms with Crippen LogP contribution in [0.4, 0.5) is 11.5 Å². The zero-order valence-electron chi connectivity index (χ0n) is 20.2. The van der Waals surface area contributed by atoms with Gasteiger partial charge in [0.05, 0.1) is 0 Å². The van der Waals surface area contributed by atoms with Gasteiger partial charge in [-0.25, -0.2) is 4.98 Å². The van der Waals surface area contributed by atoms with E-state index in [-0.39, 0.29) is 5.91 Å². The maximum Gasteiger partial charge on any atom is 0.255 e. The number of carbonyl (C=O) groups excluding carboxylic acids is 1. The molecular weight excluding hydrogens is 436 g/mol. The van der Waals surface area contributed by atoms with Crippen LogP contribution in [0.1, 0.15) is 46.8 Å². The average molecular weight is 473 g/mol. The Hall–Kier alpha value is -3.26. The lowest BCUT2D eigenvalue weighted by molar-refractivity contribution is 0.102. The van der Waals surface area contributed by atoms with Crippen LogP contribution in [0, 0.1) is 0 Å². The molecule has 7 nitrogen and oxygen atoms in total. The van der Waals surface area contributed by atoms with E-state index in [9.17, 15) is 4.79 Å². The SMILES string of the molecule is Nc1cc(NC(=O)c2ccc(CNC(CCCCN3CCNCC3)c3ccccc3)cc2)ccn1. The molecule has 1 saturated heterocycles. The van der Waals surface area contributed by atoms with E-state index in [1.54, 1.807) is 18.3 Å². The van der Waals surface area contributed by atoms with Crippen molar-refractivity contribution in [2.75, 3.05) is 43.8 Å². The number of pyridine rings is 1. The minimum absolute atomic E-state index is 0.165.